The van der Waals surface area contributed by atoms with E-state index in [2.05, 4.69) is 48.0 Å². The highest BCUT2D eigenvalue weighted by atomic mass is 19.1. The van der Waals surface area contributed by atoms with Crippen LogP contribution in [0.5, 0.6) is 0 Å². The third kappa shape index (κ3) is 5.17. The maximum absolute atomic E-state index is 15.0. The van der Waals surface area contributed by atoms with E-state index in [0.717, 1.165) is 38.9 Å². The topological polar surface area (TPSA) is 75.0 Å². The van der Waals surface area contributed by atoms with Gasteiger partial charge in [-0.15, -0.1) is 0 Å². The van der Waals surface area contributed by atoms with Crippen LogP contribution in [0.2, 0.25) is 0 Å². The van der Waals surface area contributed by atoms with E-state index in [0.29, 0.717) is 34.7 Å². The van der Waals surface area contributed by atoms with E-state index in [9.17, 15) is 4.39 Å². The summed E-state index contributed by atoms with van der Waals surface area (Å²) in [6.07, 6.45) is 5.55. The number of anilines is 2. The number of nitrogens with zero attached hydrogens (tertiary/aromatic N) is 7. The Morgan fingerprint density at radius 1 is 0.975 bits per heavy atom. The zero-order valence-electron chi connectivity index (χ0n) is 23.5. The van der Waals surface area contributed by atoms with Crippen LogP contribution in [-0.2, 0) is 0 Å². The van der Waals surface area contributed by atoms with Gasteiger partial charge >= 0.3 is 0 Å². The maximum Gasteiger partial charge on any atom is 0.229 e. The predicted molar refractivity (Wildman–Crippen MR) is 152 cm³/mol. The van der Waals surface area contributed by atoms with Crippen molar-refractivity contribution in [1.82, 2.24) is 34.3 Å². The second kappa shape index (κ2) is 10.8. The third-order valence-corrected chi connectivity index (χ3v) is 8.14. The second-order valence-corrected chi connectivity index (χ2v) is 11.2. The normalized spacial score (nSPS) is 17.6. The molecular weight excluding hydrogens is 510 g/mol. The minimum absolute atomic E-state index is 0.0177. The Morgan fingerprint density at radius 3 is 2.40 bits per heavy atom. The van der Waals surface area contributed by atoms with Crippen LogP contribution in [0.25, 0.3) is 22.3 Å². The van der Waals surface area contributed by atoms with Gasteiger partial charge in [-0.1, -0.05) is 13.0 Å². The largest absolute Gasteiger partial charge is 0.326 e. The third-order valence-electron chi connectivity index (χ3n) is 8.14. The van der Waals surface area contributed by atoms with Crippen LogP contribution in [0.1, 0.15) is 57.1 Å². The number of aromatic nitrogens is 5. The average molecular weight is 547 g/mol. The van der Waals surface area contributed by atoms with Gasteiger partial charge in [0.2, 0.25) is 5.95 Å². The molecule has 40 heavy (non-hydrogen) atoms. The standard InChI is InChI=1S/C30H36F2N8/c1-5-38-10-12-39(13-11-38)29(20-6-7-20)21-8-9-26(33-16-21)36-30-34-17-24(32)27(37-30)22-14-23(31)28-25(15-22)40(18(2)3)19(4)35-28/h8-9,14-18,20,29H,5-7,10-13H2,1-4H3,(H,33,34,36,37)/t29-/m1/s1. The molecule has 4 aromatic rings. The summed E-state index contributed by atoms with van der Waals surface area (Å²) >= 11 is 0. The number of pyridine rings is 1. The molecule has 1 saturated carbocycles. The lowest BCUT2D eigenvalue weighted by molar-refractivity contribution is 0.0893. The number of fused-ring (bicyclic) bond motifs is 1. The molecule has 0 spiro atoms. The average Bonchev–Trinajstić information content (AvgIpc) is 3.72. The monoisotopic (exact) mass is 546 g/mol. The molecule has 0 amide bonds. The van der Waals surface area contributed by atoms with Crippen LogP contribution in [0, 0.1) is 24.5 Å². The molecule has 10 heteroatoms. The summed E-state index contributed by atoms with van der Waals surface area (Å²) in [6, 6.07) is 7.52. The number of rotatable bonds is 8. The van der Waals surface area contributed by atoms with Crippen LogP contribution in [0.4, 0.5) is 20.5 Å². The van der Waals surface area contributed by atoms with E-state index in [1.54, 1.807) is 6.07 Å². The first-order valence-corrected chi connectivity index (χ1v) is 14.2. The van der Waals surface area contributed by atoms with Gasteiger partial charge in [-0.05, 0) is 69.8 Å². The molecule has 2 fully saturated rings. The molecule has 0 bridgehead atoms. The minimum Gasteiger partial charge on any atom is -0.326 e. The van der Waals surface area contributed by atoms with E-state index < -0.39 is 11.6 Å². The van der Waals surface area contributed by atoms with Gasteiger partial charge < -0.3 is 14.8 Å². The summed E-state index contributed by atoms with van der Waals surface area (Å²) in [6.45, 7) is 13.5. The van der Waals surface area contributed by atoms with Crippen LogP contribution in [0.3, 0.4) is 0 Å². The number of likely N-dealkylation sites (N-methyl/N-ethyl adjacent to an activating group) is 1. The highest BCUT2D eigenvalue weighted by Crippen LogP contribution is 2.44. The Balaban J connectivity index is 1.24. The van der Waals surface area contributed by atoms with Gasteiger partial charge in [0.25, 0.3) is 0 Å². The molecule has 0 unspecified atom stereocenters. The lowest BCUT2D eigenvalue weighted by Gasteiger charge is -2.39. The van der Waals surface area contributed by atoms with Crippen molar-refractivity contribution in [3.05, 3.63) is 59.7 Å². The quantitative estimate of drug-likeness (QED) is 0.295. The van der Waals surface area contributed by atoms with Crippen LogP contribution in [0.15, 0.2) is 36.7 Å². The molecule has 8 nitrogen and oxygen atoms in total. The SMILES string of the molecule is CCN1CCN([C@@H](c2ccc(Nc3ncc(F)c(-c4cc(F)c5nc(C)n(C(C)C)c5c4)n3)nc2)C2CC2)CC1. The fourth-order valence-corrected chi connectivity index (χ4v) is 6.01. The molecule has 6 rings (SSSR count). The molecule has 1 aromatic carbocycles. The van der Waals surface area contributed by atoms with Gasteiger partial charge in [0.1, 0.15) is 22.9 Å². The number of hydrogen-bond donors (Lipinski definition) is 1. The van der Waals surface area contributed by atoms with Crippen LogP contribution in [-0.4, -0.2) is 67.0 Å². The summed E-state index contributed by atoms with van der Waals surface area (Å²) in [5.41, 5.74) is 2.44. The van der Waals surface area contributed by atoms with Crippen molar-refractivity contribution in [2.75, 3.05) is 38.0 Å². The molecule has 0 radical (unpaired) electrons. The van der Waals surface area contributed by atoms with Crippen LogP contribution >= 0.6 is 0 Å². The molecule has 210 valence electrons. The van der Waals surface area contributed by atoms with E-state index in [-0.39, 0.29) is 23.2 Å². The van der Waals surface area contributed by atoms with Crippen molar-refractivity contribution in [3.8, 4) is 11.3 Å². The molecule has 3 aromatic heterocycles. The van der Waals surface area contributed by atoms with Crippen molar-refractivity contribution >= 4 is 22.8 Å². The molecule has 1 saturated heterocycles. The number of nitrogens with one attached hydrogen (secondary N) is 1. The zero-order valence-corrected chi connectivity index (χ0v) is 23.5. The molecule has 4 heterocycles. The highest BCUT2D eigenvalue weighted by molar-refractivity contribution is 5.83. The Morgan fingerprint density at radius 2 is 1.75 bits per heavy atom. The molecular formula is C30H36F2N8. The number of halogens is 2. The molecule has 1 atom stereocenters. The smallest absolute Gasteiger partial charge is 0.229 e. The van der Waals surface area contributed by atoms with Gasteiger partial charge in [-0.3, -0.25) is 4.90 Å². The predicted octanol–water partition coefficient (Wildman–Crippen LogP) is 5.89. The van der Waals surface area contributed by atoms with Gasteiger partial charge in [-0.25, -0.2) is 28.7 Å². The summed E-state index contributed by atoms with van der Waals surface area (Å²) < 4.78 is 31.9. The van der Waals surface area contributed by atoms with Gasteiger partial charge in [0.15, 0.2) is 11.6 Å². The number of hydrogen-bond acceptors (Lipinski definition) is 7. The first kappa shape index (κ1) is 26.7. The Labute approximate surface area is 233 Å². The summed E-state index contributed by atoms with van der Waals surface area (Å²) in [7, 11) is 0. The molecule has 2 aliphatic rings. The van der Waals surface area contributed by atoms with Gasteiger partial charge in [-0.2, -0.15) is 0 Å². The lowest BCUT2D eigenvalue weighted by atomic mass is 10.0. The molecule has 1 aliphatic heterocycles. The van der Waals surface area contributed by atoms with Gasteiger partial charge in [0.05, 0.1) is 11.7 Å². The van der Waals surface area contributed by atoms with E-state index in [1.807, 2.05) is 37.6 Å². The Kier molecular flexibility index (Phi) is 7.22. The van der Waals surface area contributed by atoms with Crippen molar-refractivity contribution in [2.24, 2.45) is 5.92 Å². The van der Waals surface area contributed by atoms with Crippen molar-refractivity contribution in [3.63, 3.8) is 0 Å². The zero-order chi connectivity index (χ0) is 28.0. The van der Waals surface area contributed by atoms with Gasteiger partial charge in [0, 0.05) is 50.0 Å². The number of piperazine rings is 1. The fourth-order valence-electron chi connectivity index (χ4n) is 6.01. The first-order valence-electron chi connectivity index (χ1n) is 14.2. The highest BCUT2D eigenvalue weighted by Gasteiger charge is 2.37. The minimum atomic E-state index is -0.629. The number of benzene rings is 1. The number of imidazole rings is 1. The summed E-state index contributed by atoms with van der Waals surface area (Å²) in [5.74, 6) is 1.01. The summed E-state index contributed by atoms with van der Waals surface area (Å²) in [5, 5.41) is 3.10. The first-order chi connectivity index (χ1) is 19.3. The molecule has 1 N–H and O–H groups in total. The van der Waals surface area contributed by atoms with Crippen molar-refractivity contribution in [1.29, 1.82) is 0 Å². The maximum atomic E-state index is 15.0. The Hall–Kier alpha value is -3.50. The summed E-state index contributed by atoms with van der Waals surface area (Å²) in [4.78, 5) is 22.6. The van der Waals surface area contributed by atoms with Crippen molar-refractivity contribution < 1.29 is 8.78 Å². The van der Waals surface area contributed by atoms with E-state index >= 15 is 4.39 Å². The van der Waals surface area contributed by atoms with E-state index in [4.69, 9.17) is 0 Å². The number of aryl methyl sites for hydroxylation is 1. The van der Waals surface area contributed by atoms with E-state index in [1.165, 1.54) is 24.5 Å². The lowest BCUT2D eigenvalue weighted by Crippen LogP contribution is -2.47. The molecule has 1 aliphatic carbocycles. The second-order valence-electron chi connectivity index (χ2n) is 11.2. The fraction of sp³-hybridized carbons (Fsp3) is 0.467. The van der Waals surface area contributed by atoms with Crippen molar-refractivity contribution in [2.45, 2.75) is 52.6 Å². The Bertz CT molecular complexity index is 1500. The van der Waals surface area contributed by atoms with Crippen LogP contribution < -0.4 is 5.32 Å².